The molecule has 0 N–H and O–H groups in total. The summed E-state index contributed by atoms with van der Waals surface area (Å²) in [5, 5.41) is 0. The first-order chi connectivity index (χ1) is 13.1. The zero-order valence-corrected chi connectivity index (χ0v) is 16.5. The van der Waals surface area contributed by atoms with Crippen molar-refractivity contribution in [2.75, 3.05) is 59.5 Å². The molecule has 0 bridgehead atoms. The second-order valence-corrected chi connectivity index (χ2v) is 6.78. The van der Waals surface area contributed by atoms with Gasteiger partial charge in [0.05, 0.1) is 6.54 Å². The largest absolute Gasteiger partial charge is 0.385 e. The molecule has 148 valence electrons. The lowest BCUT2D eigenvalue weighted by atomic mass is 10.2. The Balaban J connectivity index is 1.72. The zero-order chi connectivity index (χ0) is 19.5. The molecule has 1 saturated heterocycles. The normalized spacial score (nSPS) is 15.3. The van der Waals surface area contributed by atoms with Gasteiger partial charge < -0.3 is 14.5 Å². The second kappa shape index (κ2) is 11.5. The van der Waals surface area contributed by atoms with E-state index in [1.165, 1.54) is 12.5 Å². The molecule has 0 aromatic heterocycles. The average Bonchev–Trinajstić information content (AvgIpc) is 2.68. The molecule has 0 unspecified atom stereocenters. The first-order valence-electron chi connectivity index (χ1n) is 9.56. The Labute approximate surface area is 162 Å². The summed E-state index contributed by atoms with van der Waals surface area (Å²) in [7, 11) is 1.64. The van der Waals surface area contributed by atoms with E-state index in [9.17, 15) is 9.59 Å². The number of carbonyl (C=O) groups excluding carboxylic acids is 2. The summed E-state index contributed by atoms with van der Waals surface area (Å²) in [6, 6.07) is 10.2. The van der Waals surface area contributed by atoms with E-state index in [0.717, 1.165) is 26.1 Å². The fourth-order valence-corrected chi connectivity index (χ4v) is 3.09. The molecule has 2 amide bonds. The number of amides is 2. The fourth-order valence-electron chi connectivity index (χ4n) is 3.09. The van der Waals surface area contributed by atoms with Crippen LogP contribution in [0.2, 0.25) is 0 Å². The predicted molar refractivity (Wildman–Crippen MR) is 107 cm³/mol. The van der Waals surface area contributed by atoms with Crippen molar-refractivity contribution in [3.05, 3.63) is 42.0 Å². The first kappa shape index (κ1) is 21.1. The summed E-state index contributed by atoms with van der Waals surface area (Å²) in [6.45, 7) is 6.83. The van der Waals surface area contributed by atoms with E-state index in [1.54, 1.807) is 12.0 Å². The smallest absolute Gasteiger partial charge is 0.242 e. The minimum Gasteiger partial charge on any atom is -0.385 e. The number of hydrogen-bond acceptors (Lipinski definition) is 4. The van der Waals surface area contributed by atoms with Crippen molar-refractivity contribution in [1.29, 1.82) is 0 Å². The van der Waals surface area contributed by atoms with Gasteiger partial charge in [0.2, 0.25) is 11.8 Å². The Morgan fingerprint density at radius 1 is 1.15 bits per heavy atom. The maximum Gasteiger partial charge on any atom is 0.242 e. The Bertz CT molecular complexity index is 610. The summed E-state index contributed by atoms with van der Waals surface area (Å²) in [4.78, 5) is 30.1. The molecule has 0 radical (unpaired) electrons. The molecular weight excluding hydrogens is 342 g/mol. The predicted octanol–water partition coefficient (Wildman–Crippen LogP) is 1.73. The lowest BCUT2D eigenvalue weighted by molar-refractivity contribution is -0.140. The highest BCUT2D eigenvalue weighted by Crippen LogP contribution is 2.06. The van der Waals surface area contributed by atoms with E-state index >= 15 is 0 Å². The highest BCUT2D eigenvalue weighted by molar-refractivity contribution is 5.83. The second-order valence-electron chi connectivity index (χ2n) is 6.78. The van der Waals surface area contributed by atoms with E-state index in [4.69, 9.17) is 4.74 Å². The summed E-state index contributed by atoms with van der Waals surface area (Å²) >= 11 is 0. The Kier molecular flexibility index (Phi) is 9.01. The third kappa shape index (κ3) is 7.53. The van der Waals surface area contributed by atoms with Crippen LogP contribution >= 0.6 is 0 Å². The highest BCUT2D eigenvalue weighted by atomic mass is 16.5. The molecule has 0 aliphatic carbocycles. The number of piperazine rings is 1. The molecule has 1 heterocycles. The third-order valence-corrected chi connectivity index (χ3v) is 4.75. The number of benzene rings is 1. The van der Waals surface area contributed by atoms with Gasteiger partial charge in [-0.15, -0.1) is 0 Å². The quantitative estimate of drug-likeness (QED) is 0.619. The van der Waals surface area contributed by atoms with Gasteiger partial charge in [-0.1, -0.05) is 42.5 Å². The number of carbonyl (C=O) groups is 2. The highest BCUT2D eigenvalue weighted by Gasteiger charge is 2.23. The molecule has 0 spiro atoms. The third-order valence-electron chi connectivity index (χ3n) is 4.75. The molecule has 1 aromatic rings. The van der Waals surface area contributed by atoms with Crippen molar-refractivity contribution in [1.82, 2.24) is 14.7 Å². The van der Waals surface area contributed by atoms with Gasteiger partial charge in [0.15, 0.2) is 0 Å². The zero-order valence-electron chi connectivity index (χ0n) is 16.5. The summed E-state index contributed by atoms with van der Waals surface area (Å²) in [5.74, 6) is -0.0359. The number of methoxy groups -OCH3 is 1. The lowest BCUT2D eigenvalue weighted by Crippen LogP contribution is -2.51. The maximum absolute atomic E-state index is 12.5. The van der Waals surface area contributed by atoms with Crippen LogP contribution in [0.3, 0.4) is 0 Å². The van der Waals surface area contributed by atoms with Crippen LogP contribution < -0.4 is 0 Å². The summed E-state index contributed by atoms with van der Waals surface area (Å²) in [6.07, 6.45) is 5.03. The van der Waals surface area contributed by atoms with Crippen molar-refractivity contribution in [3.8, 4) is 0 Å². The Morgan fingerprint density at radius 2 is 1.85 bits per heavy atom. The van der Waals surface area contributed by atoms with Crippen LogP contribution in [-0.4, -0.2) is 86.0 Å². The van der Waals surface area contributed by atoms with E-state index in [2.05, 4.69) is 29.2 Å². The van der Waals surface area contributed by atoms with Crippen LogP contribution in [0.4, 0.5) is 0 Å². The Morgan fingerprint density at radius 3 is 2.48 bits per heavy atom. The average molecular weight is 373 g/mol. The number of nitrogens with zero attached hydrogens (tertiary/aromatic N) is 3. The molecule has 6 heteroatoms. The van der Waals surface area contributed by atoms with Gasteiger partial charge in [0.1, 0.15) is 0 Å². The van der Waals surface area contributed by atoms with Crippen LogP contribution in [0, 0.1) is 0 Å². The molecule has 2 rings (SSSR count). The maximum atomic E-state index is 12.5. The molecular formula is C21H31N3O3. The Hall–Kier alpha value is -2.18. The number of hydrogen-bond donors (Lipinski definition) is 0. The topological polar surface area (TPSA) is 53.1 Å². The molecule has 1 aromatic carbocycles. The van der Waals surface area contributed by atoms with Crippen LogP contribution in [0.5, 0.6) is 0 Å². The van der Waals surface area contributed by atoms with Gasteiger partial charge in [-0.2, -0.15) is 0 Å². The number of ether oxygens (including phenoxy) is 1. The van der Waals surface area contributed by atoms with E-state index in [1.807, 2.05) is 23.1 Å². The van der Waals surface area contributed by atoms with E-state index < -0.39 is 0 Å². The minimum absolute atomic E-state index is 0.0297. The van der Waals surface area contributed by atoms with Crippen molar-refractivity contribution < 1.29 is 14.3 Å². The lowest BCUT2D eigenvalue weighted by Gasteiger charge is -2.35. The molecule has 1 fully saturated rings. The number of rotatable bonds is 9. The van der Waals surface area contributed by atoms with Crippen molar-refractivity contribution in [2.24, 2.45) is 0 Å². The van der Waals surface area contributed by atoms with Crippen molar-refractivity contribution in [2.45, 2.75) is 13.3 Å². The van der Waals surface area contributed by atoms with Gasteiger partial charge in [-0.25, -0.2) is 0 Å². The monoisotopic (exact) mass is 373 g/mol. The van der Waals surface area contributed by atoms with Crippen molar-refractivity contribution in [3.63, 3.8) is 0 Å². The van der Waals surface area contributed by atoms with Gasteiger partial charge in [0.25, 0.3) is 0 Å². The molecule has 1 aliphatic rings. The van der Waals surface area contributed by atoms with Crippen LogP contribution in [-0.2, 0) is 14.3 Å². The van der Waals surface area contributed by atoms with Gasteiger partial charge >= 0.3 is 0 Å². The molecule has 0 atom stereocenters. The molecule has 1 aliphatic heterocycles. The van der Waals surface area contributed by atoms with Crippen LogP contribution in [0.1, 0.15) is 18.9 Å². The SMILES string of the molecule is COCCCN(CC(=O)N1CCN(C/C=C/c2ccccc2)CC1)C(C)=O. The summed E-state index contributed by atoms with van der Waals surface area (Å²) < 4.78 is 5.02. The minimum atomic E-state index is -0.0656. The van der Waals surface area contributed by atoms with Crippen LogP contribution in [0.25, 0.3) is 6.08 Å². The van der Waals surface area contributed by atoms with Crippen molar-refractivity contribution >= 4 is 17.9 Å². The standard InChI is InChI=1S/C21H31N3O3/c1-19(25)24(12-7-17-27-2)18-21(26)23-15-13-22(14-16-23)11-6-10-20-8-4-3-5-9-20/h3-6,8-10H,7,11-18H2,1-2H3/b10-6+. The van der Waals surface area contributed by atoms with E-state index in [0.29, 0.717) is 26.2 Å². The van der Waals surface area contributed by atoms with Gasteiger partial charge in [-0.05, 0) is 12.0 Å². The molecule has 0 saturated carbocycles. The molecule has 27 heavy (non-hydrogen) atoms. The molecule has 6 nitrogen and oxygen atoms in total. The van der Waals surface area contributed by atoms with Crippen LogP contribution in [0.15, 0.2) is 36.4 Å². The fraction of sp³-hybridized carbons (Fsp3) is 0.524. The van der Waals surface area contributed by atoms with Gasteiger partial charge in [-0.3, -0.25) is 14.5 Å². The van der Waals surface area contributed by atoms with Gasteiger partial charge in [0, 0.05) is 59.9 Å². The summed E-state index contributed by atoms with van der Waals surface area (Å²) in [5.41, 5.74) is 1.20. The first-order valence-corrected chi connectivity index (χ1v) is 9.56. The van der Waals surface area contributed by atoms with E-state index in [-0.39, 0.29) is 18.4 Å².